The molecule has 2 N–H and O–H groups in total. The Hall–Kier alpha value is -1.99. The van der Waals surface area contributed by atoms with E-state index in [-0.39, 0.29) is 6.04 Å². The van der Waals surface area contributed by atoms with Crippen LogP contribution in [0.3, 0.4) is 0 Å². The molecule has 1 atom stereocenters. The summed E-state index contributed by atoms with van der Waals surface area (Å²) < 4.78 is 5.07. The minimum atomic E-state index is -0.665. The summed E-state index contributed by atoms with van der Waals surface area (Å²) in [5.41, 5.74) is 0.507. The largest absolute Gasteiger partial charge is 0.383 e. The molecule has 0 spiro atoms. The molecule has 0 radical (unpaired) electrons. The fraction of sp³-hybridized carbons (Fsp3) is 0.533. The third kappa shape index (κ3) is 5.09. The van der Waals surface area contributed by atoms with Gasteiger partial charge in [0.25, 0.3) is 0 Å². The molecule has 2 amide bonds. The first-order valence-corrected chi connectivity index (χ1v) is 7.42. The number of rotatable bonds is 5. The Labute approximate surface area is 130 Å². The molecule has 7 heteroatoms. The quantitative estimate of drug-likeness (QED) is 0.762. The number of nitrogens with one attached hydrogen (secondary N) is 2. The number of carbonyl (C=O) groups excluding carboxylic acids is 2. The van der Waals surface area contributed by atoms with Crippen molar-refractivity contribution >= 4 is 17.5 Å². The fourth-order valence-corrected chi connectivity index (χ4v) is 2.47. The monoisotopic (exact) mass is 306 g/mol. The van der Waals surface area contributed by atoms with Crippen molar-refractivity contribution in [2.75, 3.05) is 38.7 Å². The third-order valence-corrected chi connectivity index (χ3v) is 3.58. The molecule has 0 bridgehead atoms. The minimum Gasteiger partial charge on any atom is -0.383 e. The van der Waals surface area contributed by atoms with Crippen molar-refractivity contribution in [1.29, 1.82) is 0 Å². The maximum absolute atomic E-state index is 11.9. The van der Waals surface area contributed by atoms with Crippen molar-refractivity contribution < 1.29 is 14.3 Å². The van der Waals surface area contributed by atoms with Gasteiger partial charge in [-0.2, -0.15) is 0 Å². The molecule has 1 aromatic rings. The summed E-state index contributed by atoms with van der Waals surface area (Å²) in [6, 6.07) is 3.38. The molecule has 1 fully saturated rings. The number of methoxy groups -OCH3 is 1. The number of likely N-dealkylation sites (tertiary alicyclic amines) is 1. The standard InChI is InChI=1S/C15H22N4O3/c1-22-9-8-19-7-3-5-13(11-19)18-15(21)14(20)17-12-4-2-6-16-10-12/h2,4,6,10,13H,3,5,7-9,11H2,1H3,(H,17,20)(H,18,21)/t13-/m1/s1. The highest BCUT2D eigenvalue weighted by molar-refractivity contribution is 6.39. The van der Waals surface area contributed by atoms with Crippen LogP contribution in [0.5, 0.6) is 0 Å². The average molecular weight is 306 g/mol. The molecular formula is C15H22N4O3. The van der Waals surface area contributed by atoms with Crippen LogP contribution in [0.1, 0.15) is 12.8 Å². The predicted molar refractivity (Wildman–Crippen MR) is 82.3 cm³/mol. The first-order valence-electron chi connectivity index (χ1n) is 7.42. The summed E-state index contributed by atoms with van der Waals surface area (Å²) in [6.45, 7) is 3.25. The number of hydrogen-bond donors (Lipinski definition) is 2. The van der Waals surface area contributed by atoms with Gasteiger partial charge in [0.05, 0.1) is 18.5 Å². The first-order chi connectivity index (χ1) is 10.7. The van der Waals surface area contributed by atoms with Crippen molar-refractivity contribution in [3.63, 3.8) is 0 Å². The normalized spacial score (nSPS) is 18.7. The van der Waals surface area contributed by atoms with E-state index in [9.17, 15) is 9.59 Å². The van der Waals surface area contributed by atoms with Gasteiger partial charge in [0.15, 0.2) is 0 Å². The lowest BCUT2D eigenvalue weighted by Gasteiger charge is -2.32. The predicted octanol–water partition coefficient (Wildman–Crippen LogP) is 0.247. The molecule has 1 aliphatic rings. The second-order valence-electron chi connectivity index (χ2n) is 5.30. The van der Waals surface area contributed by atoms with Crippen LogP contribution in [0.4, 0.5) is 5.69 Å². The Balaban J connectivity index is 1.79. The second kappa shape index (κ2) is 8.45. The van der Waals surface area contributed by atoms with E-state index >= 15 is 0 Å². The number of piperidine rings is 1. The Bertz CT molecular complexity index is 495. The van der Waals surface area contributed by atoms with Crippen LogP contribution in [0.15, 0.2) is 24.5 Å². The first kappa shape index (κ1) is 16.4. The van der Waals surface area contributed by atoms with Gasteiger partial charge in [0.2, 0.25) is 0 Å². The maximum Gasteiger partial charge on any atom is 0.313 e. The molecule has 0 aliphatic carbocycles. The van der Waals surface area contributed by atoms with Crippen LogP contribution < -0.4 is 10.6 Å². The summed E-state index contributed by atoms with van der Waals surface area (Å²) in [5.74, 6) is -1.27. The van der Waals surface area contributed by atoms with Gasteiger partial charge in [-0.3, -0.25) is 19.5 Å². The highest BCUT2D eigenvalue weighted by atomic mass is 16.5. The van der Waals surface area contributed by atoms with Crippen molar-refractivity contribution in [3.8, 4) is 0 Å². The van der Waals surface area contributed by atoms with E-state index in [1.54, 1.807) is 25.4 Å². The number of hydrogen-bond acceptors (Lipinski definition) is 5. The van der Waals surface area contributed by atoms with Gasteiger partial charge in [-0.05, 0) is 31.5 Å². The second-order valence-corrected chi connectivity index (χ2v) is 5.30. The Kier molecular flexibility index (Phi) is 6.29. The number of anilines is 1. The number of amides is 2. The lowest BCUT2D eigenvalue weighted by Crippen LogP contribution is -2.50. The summed E-state index contributed by atoms with van der Waals surface area (Å²) in [4.78, 5) is 29.9. The minimum absolute atomic E-state index is 0.00208. The van der Waals surface area contributed by atoms with Crippen LogP contribution in [0.25, 0.3) is 0 Å². The zero-order valence-electron chi connectivity index (χ0n) is 12.7. The molecule has 7 nitrogen and oxygen atoms in total. The van der Waals surface area contributed by atoms with E-state index in [0.29, 0.717) is 12.3 Å². The van der Waals surface area contributed by atoms with Crippen LogP contribution in [0.2, 0.25) is 0 Å². The van der Waals surface area contributed by atoms with Crippen molar-refractivity contribution in [2.45, 2.75) is 18.9 Å². The van der Waals surface area contributed by atoms with E-state index in [2.05, 4.69) is 20.5 Å². The van der Waals surface area contributed by atoms with E-state index < -0.39 is 11.8 Å². The molecule has 22 heavy (non-hydrogen) atoms. The van der Waals surface area contributed by atoms with Gasteiger partial charge in [0, 0.05) is 32.4 Å². The number of pyridine rings is 1. The van der Waals surface area contributed by atoms with Gasteiger partial charge in [-0.15, -0.1) is 0 Å². The number of aromatic nitrogens is 1. The zero-order chi connectivity index (χ0) is 15.8. The van der Waals surface area contributed by atoms with Gasteiger partial charge >= 0.3 is 11.8 Å². The fourth-order valence-electron chi connectivity index (χ4n) is 2.47. The van der Waals surface area contributed by atoms with E-state index in [1.165, 1.54) is 6.20 Å². The molecule has 0 unspecified atom stereocenters. The lowest BCUT2D eigenvalue weighted by atomic mass is 10.1. The van der Waals surface area contributed by atoms with Crippen molar-refractivity contribution in [1.82, 2.24) is 15.2 Å². The van der Waals surface area contributed by atoms with Crippen LogP contribution in [-0.2, 0) is 14.3 Å². The molecule has 0 aromatic carbocycles. The zero-order valence-corrected chi connectivity index (χ0v) is 12.7. The van der Waals surface area contributed by atoms with Crippen molar-refractivity contribution in [3.05, 3.63) is 24.5 Å². The lowest BCUT2D eigenvalue weighted by molar-refractivity contribution is -0.136. The van der Waals surface area contributed by atoms with Gasteiger partial charge in [0.1, 0.15) is 0 Å². The van der Waals surface area contributed by atoms with Gasteiger partial charge in [-0.1, -0.05) is 0 Å². The number of carbonyl (C=O) groups is 2. The Morgan fingerprint density at radius 3 is 3.05 bits per heavy atom. The molecule has 1 aromatic heterocycles. The van der Waals surface area contributed by atoms with Crippen molar-refractivity contribution in [2.24, 2.45) is 0 Å². The molecule has 1 aliphatic heterocycles. The maximum atomic E-state index is 11.9. The topological polar surface area (TPSA) is 83.6 Å². The summed E-state index contributed by atoms with van der Waals surface area (Å²) in [5, 5.41) is 5.32. The van der Waals surface area contributed by atoms with E-state index in [4.69, 9.17) is 4.74 Å². The molecule has 1 saturated heterocycles. The van der Waals surface area contributed by atoms with Crippen LogP contribution >= 0.6 is 0 Å². The SMILES string of the molecule is COCCN1CCC[C@@H](NC(=O)C(=O)Nc2cccnc2)C1. The summed E-state index contributed by atoms with van der Waals surface area (Å²) in [7, 11) is 1.67. The third-order valence-electron chi connectivity index (χ3n) is 3.58. The smallest absolute Gasteiger partial charge is 0.313 e. The highest BCUT2D eigenvalue weighted by Crippen LogP contribution is 2.10. The Morgan fingerprint density at radius 2 is 2.32 bits per heavy atom. The molecule has 0 saturated carbocycles. The molecule has 120 valence electrons. The van der Waals surface area contributed by atoms with Crippen LogP contribution in [0, 0.1) is 0 Å². The summed E-state index contributed by atoms with van der Waals surface area (Å²) >= 11 is 0. The molecule has 2 heterocycles. The molecular weight excluding hydrogens is 284 g/mol. The number of ether oxygens (including phenoxy) is 1. The van der Waals surface area contributed by atoms with Gasteiger partial charge in [-0.25, -0.2) is 0 Å². The van der Waals surface area contributed by atoms with E-state index in [1.807, 2.05) is 0 Å². The molecule has 2 rings (SSSR count). The summed E-state index contributed by atoms with van der Waals surface area (Å²) in [6.07, 6.45) is 4.99. The highest BCUT2D eigenvalue weighted by Gasteiger charge is 2.23. The van der Waals surface area contributed by atoms with Crippen LogP contribution in [-0.4, -0.2) is 61.1 Å². The van der Waals surface area contributed by atoms with E-state index in [0.717, 1.165) is 32.5 Å². The number of nitrogens with zero attached hydrogens (tertiary/aromatic N) is 2. The van der Waals surface area contributed by atoms with Gasteiger partial charge < -0.3 is 15.4 Å². The Morgan fingerprint density at radius 1 is 1.45 bits per heavy atom. The average Bonchev–Trinajstić information content (AvgIpc) is 2.54.